The molecule has 1 aromatic carbocycles. The molecule has 0 saturated carbocycles. The van der Waals surface area contributed by atoms with Gasteiger partial charge < -0.3 is 25.7 Å². The quantitative estimate of drug-likeness (QED) is 0.557. The summed E-state index contributed by atoms with van der Waals surface area (Å²) in [5.41, 5.74) is 12.5. The number of benzene rings is 1. The van der Waals surface area contributed by atoms with Crippen LogP contribution in [-0.2, 0) is 18.4 Å². The van der Waals surface area contributed by atoms with E-state index in [2.05, 4.69) is 5.10 Å². The van der Waals surface area contributed by atoms with Crippen molar-refractivity contribution in [2.45, 2.75) is 19.4 Å². The Kier molecular flexibility index (Phi) is 4.87. The number of primary amides is 2. The number of hydrogen-bond acceptors (Lipinski definition) is 6. The minimum Gasteiger partial charge on any atom is -0.487 e. The van der Waals surface area contributed by atoms with Crippen LogP contribution in [0.25, 0.3) is 11.0 Å². The zero-order valence-electron chi connectivity index (χ0n) is 14.9. The molecule has 9 nitrogen and oxygen atoms in total. The van der Waals surface area contributed by atoms with E-state index < -0.39 is 24.3 Å². The van der Waals surface area contributed by atoms with Crippen LogP contribution in [0.1, 0.15) is 33.3 Å². The summed E-state index contributed by atoms with van der Waals surface area (Å²) in [6, 6.07) is 5.01. The fourth-order valence-corrected chi connectivity index (χ4v) is 3.10. The van der Waals surface area contributed by atoms with Gasteiger partial charge in [0.2, 0.25) is 5.91 Å². The lowest BCUT2D eigenvalue weighted by atomic mass is 9.92. The van der Waals surface area contributed by atoms with Gasteiger partial charge in [-0.2, -0.15) is 5.10 Å². The summed E-state index contributed by atoms with van der Waals surface area (Å²) >= 11 is 0. The second-order valence-corrected chi connectivity index (χ2v) is 6.12. The molecule has 2 amide bonds. The van der Waals surface area contributed by atoms with Crippen LogP contribution in [0.15, 0.2) is 28.8 Å². The van der Waals surface area contributed by atoms with Crippen LogP contribution in [-0.4, -0.2) is 33.3 Å². The fraction of sp³-hybridized carbons (Fsp3) is 0.278. The van der Waals surface area contributed by atoms with Crippen LogP contribution in [0.2, 0.25) is 0 Å². The van der Waals surface area contributed by atoms with Gasteiger partial charge in [-0.1, -0.05) is 0 Å². The predicted octanol–water partition coefficient (Wildman–Crippen LogP) is 0.714. The van der Waals surface area contributed by atoms with E-state index in [4.69, 9.17) is 20.6 Å². The number of ether oxygens (including phenoxy) is 1. The number of furan rings is 1. The summed E-state index contributed by atoms with van der Waals surface area (Å²) in [6.07, 6.45) is 1.63. The van der Waals surface area contributed by atoms with Crippen LogP contribution >= 0.6 is 0 Å². The fourth-order valence-electron chi connectivity index (χ4n) is 3.10. The number of amides is 2. The maximum atomic E-state index is 12.0. The zero-order chi connectivity index (χ0) is 19.7. The summed E-state index contributed by atoms with van der Waals surface area (Å²) in [4.78, 5) is 23.9. The molecule has 3 rings (SSSR count). The monoisotopic (exact) mass is 372 g/mol. The van der Waals surface area contributed by atoms with E-state index in [0.29, 0.717) is 22.5 Å². The van der Waals surface area contributed by atoms with Crippen molar-refractivity contribution in [3.63, 3.8) is 0 Å². The number of nitrogens with two attached hydrogens (primary N) is 2. The lowest BCUT2D eigenvalue weighted by Crippen LogP contribution is -2.25. The predicted molar refractivity (Wildman–Crippen MR) is 96.0 cm³/mol. The normalized spacial score (nSPS) is 12.3. The second kappa shape index (κ2) is 7.12. The van der Waals surface area contributed by atoms with Gasteiger partial charge in [0, 0.05) is 24.2 Å². The van der Waals surface area contributed by atoms with Crippen LogP contribution in [0.5, 0.6) is 5.75 Å². The molecular formula is C18H20N4O5. The van der Waals surface area contributed by atoms with Crippen molar-refractivity contribution < 1.29 is 23.8 Å². The van der Waals surface area contributed by atoms with Gasteiger partial charge in [-0.3, -0.25) is 14.3 Å². The average molecular weight is 372 g/mol. The van der Waals surface area contributed by atoms with Crippen molar-refractivity contribution in [1.82, 2.24) is 9.78 Å². The Morgan fingerprint density at radius 1 is 1.33 bits per heavy atom. The van der Waals surface area contributed by atoms with Crippen LogP contribution in [0.3, 0.4) is 0 Å². The number of hydrogen-bond donors (Lipinski definition) is 3. The summed E-state index contributed by atoms with van der Waals surface area (Å²) < 4.78 is 13.1. The van der Waals surface area contributed by atoms with Crippen LogP contribution < -0.4 is 16.2 Å². The third-order valence-electron chi connectivity index (χ3n) is 4.45. The molecule has 0 fully saturated rings. The summed E-state index contributed by atoms with van der Waals surface area (Å²) in [5, 5.41) is 14.1. The first kappa shape index (κ1) is 18.5. The number of carbonyl (C=O) groups excluding carboxylic acids is 2. The number of fused-ring (bicyclic) bond motifs is 1. The topological polar surface area (TPSA) is 147 Å². The molecule has 2 aromatic heterocycles. The first-order valence-corrected chi connectivity index (χ1v) is 8.20. The smallest absolute Gasteiger partial charge is 0.252 e. The molecule has 1 unspecified atom stereocenters. The molecule has 0 aliphatic heterocycles. The lowest BCUT2D eigenvalue weighted by Gasteiger charge is -2.18. The molecule has 0 aliphatic rings. The van der Waals surface area contributed by atoms with Gasteiger partial charge in [0.1, 0.15) is 23.7 Å². The third-order valence-corrected chi connectivity index (χ3v) is 4.45. The SMILES string of the molecule is Cc1oc2ccc(OCc3ccnn3C)c(C(CO)C(N)=O)c2c1C(N)=O. The Morgan fingerprint density at radius 3 is 2.63 bits per heavy atom. The van der Waals surface area contributed by atoms with E-state index in [1.54, 1.807) is 43.0 Å². The maximum Gasteiger partial charge on any atom is 0.252 e. The van der Waals surface area contributed by atoms with Gasteiger partial charge in [0.25, 0.3) is 5.91 Å². The minimum atomic E-state index is -1.09. The second-order valence-electron chi connectivity index (χ2n) is 6.12. The van der Waals surface area contributed by atoms with Gasteiger partial charge in [0.05, 0.1) is 23.8 Å². The Balaban J connectivity index is 2.20. The standard InChI is InChI=1S/C18H20N4O5/c1-9-14(18(20)25)16-13(27-9)4-3-12(15(16)11(7-23)17(19)24)26-8-10-5-6-21-22(10)2/h3-6,11,23H,7-8H2,1-2H3,(H2,19,24)(H2,20,25). The van der Waals surface area contributed by atoms with Crippen molar-refractivity contribution in [2.75, 3.05) is 6.61 Å². The largest absolute Gasteiger partial charge is 0.487 e. The molecule has 0 spiro atoms. The Bertz CT molecular complexity index is 1020. The molecule has 5 N–H and O–H groups in total. The maximum absolute atomic E-state index is 12.0. The lowest BCUT2D eigenvalue weighted by molar-refractivity contribution is -0.120. The molecule has 0 aliphatic carbocycles. The third kappa shape index (κ3) is 3.24. The molecule has 142 valence electrons. The summed E-state index contributed by atoms with van der Waals surface area (Å²) in [7, 11) is 1.77. The number of nitrogens with zero attached hydrogens (tertiary/aromatic N) is 2. The van der Waals surface area contributed by atoms with E-state index in [1.165, 1.54) is 0 Å². The highest BCUT2D eigenvalue weighted by Crippen LogP contribution is 2.39. The highest BCUT2D eigenvalue weighted by atomic mass is 16.5. The van der Waals surface area contributed by atoms with Gasteiger partial charge in [-0.25, -0.2) is 0 Å². The molecule has 2 heterocycles. The molecular weight excluding hydrogens is 352 g/mol. The molecule has 0 saturated heterocycles. The van der Waals surface area contributed by atoms with E-state index in [1.807, 2.05) is 0 Å². The van der Waals surface area contributed by atoms with E-state index in [-0.39, 0.29) is 17.7 Å². The van der Waals surface area contributed by atoms with Crippen molar-refractivity contribution in [1.29, 1.82) is 0 Å². The van der Waals surface area contributed by atoms with Gasteiger partial charge in [-0.05, 0) is 25.1 Å². The average Bonchev–Trinajstić information content (AvgIpc) is 3.16. The van der Waals surface area contributed by atoms with Gasteiger partial charge >= 0.3 is 0 Å². The molecule has 9 heteroatoms. The number of aromatic nitrogens is 2. The minimum absolute atomic E-state index is 0.130. The molecule has 0 radical (unpaired) electrons. The highest BCUT2D eigenvalue weighted by molar-refractivity contribution is 6.09. The van der Waals surface area contributed by atoms with Crippen LogP contribution in [0, 0.1) is 6.92 Å². The van der Waals surface area contributed by atoms with Crippen molar-refractivity contribution in [3.8, 4) is 5.75 Å². The Morgan fingerprint density at radius 2 is 2.07 bits per heavy atom. The van der Waals surface area contributed by atoms with Crippen LogP contribution in [0.4, 0.5) is 0 Å². The molecule has 3 aromatic rings. The van der Waals surface area contributed by atoms with Crippen molar-refractivity contribution >= 4 is 22.8 Å². The first-order valence-electron chi connectivity index (χ1n) is 8.20. The molecule has 27 heavy (non-hydrogen) atoms. The number of aliphatic hydroxyl groups excluding tert-OH is 1. The molecule has 1 atom stereocenters. The van der Waals surface area contributed by atoms with Gasteiger partial charge in [-0.15, -0.1) is 0 Å². The summed E-state index contributed by atoms with van der Waals surface area (Å²) in [5.74, 6) is -1.96. The highest BCUT2D eigenvalue weighted by Gasteiger charge is 2.29. The Hall–Kier alpha value is -3.33. The van der Waals surface area contributed by atoms with Crippen molar-refractivity contribution in [2.24, 2.45) is 18.5 Å². The summed E-state index contributed by atoms with van der Waals surface area (Å²) in [6.45, 7) is 1.20. The molecule has 0 bridgehead atoms. The zero-order valence-corrected chi connectivity index (χ0v) is 14.9. The van der Waals surface area contributed by atoms with Crippen molar-refractivity contribution in [3.05, 3.63) is 47.0 Å². The van der Waals surface area contributed by atoms with E-state index in [0.717, 1.165) is 5.69 Å². The Labute approximate surface area is 154 Å². The number of carbonyl (C=O) groups is 2. The van der Waals surface area contributed by atoms with Gasteiger partial charge in [0.15, 0.2) is 0 Å². The number of rotatable bonds is 7. The van der Waals surface area contributed by atoms with E-state index in [9.17, 15) is 14.7 Å². The van der Waals surface area contributed by atoms with E-state index >= 15 is 0 Å². The number of aliphatic hydroxyl groups is 1. The number of aryl methyl sites for hydroxylation is 2. The first-order chi connectivity index (χ1) is 12.8.